The second-order valence-corrected chi connectivity index (χ2v) is 9.74. The SMILES string of the molecule is CCCC1CCc2cc(-c3cc(C(=O)Nc4ccon4)ccc3C)cnc2N(C(C)(C)CO)C1=O. The van der Waals surface area contributed by atoms with Gasteiger partial charge in [0.2, 0.25) is 5.91 Å². The minimum atomic E-state index is -0.772. The summed E-state index contributed by atoms with van der Waals surface area (Å²) in [6, 6.07) is 9.15. The third kappa shape index (κ3) is 4.98. The van der Waals surface area contributed by atoms with Gasteiger partial charge in [0.15, 0.2) is 5.82 Å². The summed E-state index contributed by atoms with van der Waals surface area (Å²) in [7, 11) is 0. The number of aliphatic hydroxyl groups is 1. The molecule has 8 heteroatoms. The average Bonchev–Trinajstić information content (AvgIpc) is 3.30. The van der Waals surface area contributed by atoms with E-state index in [0.29, 0.717) is 17.2 Å². The predicted molar refractivity (Wildman–Crippen MR) is 134 cm³/mol. The number of aliphatic hydroxyl groups excluding tert-OH is 1. The second-order valence-electron chi connectivity index (χ2n) is 9.74. The van der Waals surface area contributed by atoms with Crippen LogP contribution >= 0.6 is 0 Å². The van der Waals surface area contributed by atoms with Gasteiger partial charge in [-0.2, -0.15) is 0 Å². The number of benzene rings is 1. The molecule has 2 N–H and O–H groups in total. The van der Waals surface area contributed by atoms with Crippen LogP contribution in [-0.2, 0) is 11.2 Å². The van der Waals surface area contributed by atoms with Crippen molar-refractivity contribution in [2.45, 2.75) is 58.9 Å². The molecule has 1 aliphatic heterocycles. The summed E-state index contributed by atoms with van der Waals surface area (Å²) >= 11 is 0. The standard InChI is InChI=1S/C27H32N4O4/c1-5-6-18-9-10-19-13-21(15-28-24(19)31(26(18)34)27(3,4)16-32)22-14-20(8-7-17(22)2)25(33)29-23-11-12-35-30-23/h7-8,11-15,18,32H,5-6,9-10,16H2,1-4H3,(H,29,30,33). The highest BCUT2D eigenvalue weighted by molar-refractivity contribution is 6.04. The van der Waals surface area contributed by atoms with E-state index in [0.717, 1.165) is 47.9 Å². The molecule has 3 heterocycles. The van der Waals surface area contributed by atoms with E-state index in [-0.39, 0.29) is 24.3 Å². The minimum Gasteiger partial charge on any atom is -0.394 e. The van der Waals surface area contributed by atoms with Crippen LogP contribution in [0.25, 0.3) is 11.1 Å². The van der Waals surface area contributed by atoms with Crippen LogP contribution in [0.3, 0.4) is 0 Å². The first kappa shape index (κ1) is 24.6. The van der Waals surface area contributed by atoms with Crippen LogP contribution in [0.1, 0.15) is 61.5 Å². The highest BCUT2D eigenvalue weighted by Gasteiger charge is 2.39. The number of pyridine rings is 1. The maximum atomic E-state index is 13.5. The number of anilines is 2. The van der Waals surface area contributed by atoms with Crippen molar-refractivity contribution in [3.05, 3.63) is 59.5 Å². The van der Waals surface area contributed by atoms with Gasteiger partial charge in [0.25, 0.3) is 5.91 Å². The lowest BCUT2D eigenvalue weighted by Crippen LogP contribution is -2.52. The predicted octanol–water partition coefficient (Wildman–Crippen LogP) is 4.76. The molecule has 0 spiro atoms. The number of aromatic nitrogens is 2. The molecule has 3 aromatic rings. The summed E-state index contributed by atoms with van der Waals surface area (Å²) in [5.74, 6) is 0.587. The highest BCUT2D eigenvalue weighted by Crippen LogP contribution is 2.37. The van der Waals surface area contributed by atoms with Crippen LogP contribution in [0, 0.1) is 12.8 Å². The number of rotatable bonds is 7. The lowest BCUT2D eigenvalue weighted by atomic mass is 9.94. The van der Waals surface area contributed by atoms with Crippen molar-refractivity contribution in [2.75, 3.05) is 16.8 Å². The zero-order chi connectivity index (χ0) is 25.2. The monoisotopic (exact) mass is 476 g/mol. The Kier molecular flexibility index (Phi) is 7.03. The Morgan fingerprint density at radius 1 is 1.29 bits per heavy atom. The molecule has 2 amide bonds. The van der Waals surface area contributed by atoms with Crippen LogP contribution < -0.4 is 10.2 Å². The van der Waals surface area contributed by atoms with E-state index < -0.39 is 5.54 Å². The lowest BCUT2D eigenvalue weighted by Gasteiger charge is -2.38. The third-order valence-electron chi connectivity index (χ3n) is 6.61. The molecule has 35 heavy (non-hydrogen) atoms. The van der Waals surface area contributed by atoms with E-state index in [1.807, 2.05) is 32.9 Å². The lowest BCUT2D eigenvalue weighted by molar-refractivity contribution is -0.124. The minimum absolute atomic E-state index is 0.0209. The van der Waals surface area contributed by atoms with E-state index in [4.69, 9.17) is 9.51 Å². The van der Waals surface area contributed by atoms with Crippen LogP contribution in [0.2, 0.25) is 0 Å². The number of nitrogens with zero attached hydrogens (tertiary/aromatic N) is 3. The van der Waals surface area contributed by atoms with Crippen LogP contribution in [0.15, 0.2) is 47.3 Å². The molecule has 2 aromatic heterocycles. The van der Waals surface area contributed by atoms with Gasteiger partial charge in [0, 0.05) is 29.3 Å². The molecular formula is C27H32N4O4. The first-order valence-electron chi connectivity index (χ1n) is 12.0. The van der Waals surface area contributed by atoms with Gasteiger partial charge in [-0.05, 0) is 74.9 Å². The zero-order valence-corrected chi connectivity index (χ0v) is 20.7. The molecule has 1 atom stereocenters. The molecule has 8 nitrogen and oxygen atoms in total. The molecule has 0 radical (unpaired) electrons. The zero-order valence-electron chi connectivity index (χ0n) is 20.7. The van der Waals surface area contributed by atoms with Gasteiger partial charge in [0.1, 0.15) is 12.1 Å². The molecule has 1 aliphatic rings. The summed E-state index contributed by atoms with van der Waals surface area (Å²) in [6.07, 6.45) is 6.32. The molecule has 0 aliphatic carbocycles. The second kappa shape index (κ2) is 10.00. The normalized spacial score (nSPS) is 16.1. The Hall–Kier alpha value is -3.52. The maximum Gasteiger partial charge on any atom is 0.256 e. The van der Waals surface area contributed by atoms with Gasteiger partial charge in [0.05, 0.1) is 12.1 Å². The van der Waals surface area contributed by atoms with Crippen molar-refractivity contribution in [1.82, 2.24) is 10.1 Å². The molecule has 0 bridgehead atoms. The van der Waals surface area contributed by atoms with E-state index in [2.05, 4.69) is 23.5 Å². The van der Waals surface area contributed by atoms with Gasteiger partial charge >= 0.3 is 0 Å². The number of carbonyl (C=O) groups is 2. The molecule has 0 saturated heterocycles. The fourth-order valence-electron chi connectivity index (χ4n) is 4.59. The summed E-state index contributed by atoms with van der Waals surface area (Å²) in [5, 5.41) is 16.5. The van der Waals surface area contributed by atoms with E-state index >= 15 is 0 Å². The summed E-state index contributed by atoms with van der Waals surface area (Å²) in [4.78, 5) is 32.6. The number of aryl methyl sites for hydroxylation is 2. The van der Waals surface area contributed by atoms with E-state index in [1.54, 1.807) is 23.2 Å². The van der Waals surface area contributed by atoms with Gasteiger partial charge in [-0.25, -0.2) is 4.98 Å². The van der Waals surface area contributed by atoms with Crippen molar-refractivity contribution in [2.24, 2.45) is 5.92 Å². The largest absolute Gasteiger partial charge is 0.394 e. The van der Waals surface area contributed by atoms with Gasteiger partial charge in [-0.3, -0.25) is 14.5 Å². The smallest absolute Gasteiger partial charge is 0.256 e. The highest BCUT2D eigenvalue weighted by atomic mass is 16.5. The van der Waals surface area contributed by atoms with Crippen molar-refractivity contribution in [3.8, 4) is 11.1 Å². The van der Waals surface area contributed by atoms with Crippen LogP contribution in [-0.4, -0.2) is 39.2 Å². The van der Waals surface area contributed by atoms with Crippen molar-refractivity contribution in [3.63, 3.8) is 0 Å². The average molecular weight is 477 g/mol. The Labute approximate surface area is 205 Å². The first-order chi connectivity index (χ1) is 16.7. The number of hydrogen-bond donors (Lipinski definition) is 2. The van der Waals surface area contributed by atoms with Gasteiger partial charge in [-0.1, -0.05) is 24.6 Å². The molecule has 4 rings (SSSR count). The molecule has 0 saturated carbocycles. The van der Waals surface area contributed by atoms with Crippen LogP contribution in [0.5, 0.6) is 0 Å². The van der Waals surface area contributed by atoms with Crippen molar-refractivity contribution >= 4 is 23.5 Å². The van der Waals surface area contributed by atoms with Gasteiger partial charge in [-0.15, -0.1) is 0 Å². The summed E-state index contributed by atoms with van der Waals surface area (Å²) in [5.41, 5.74) is 3.46. The van der Waals surface area contributed by atoms with E-state index in [9.17, 15) is 14.7 Å². The molecular weight excluding hydrogens is 444 g/mol. The fourth-order valence-corrected chi connectivity index (χ4v) is 4.59. The molecule has 1 unspecified atom stereocenters. The first-order valence-corrected chi connectivity index (χ1v) is 12.0. The molecule has 184 valence electrons. The van der Waals surface area contributed by atoms with Gasteiger partial charge < -0.3 is 14.9 Å². The number of hydrogen-bond acceptors (Lipinski definition) is 6. The number of carbonyl (C=O) groups excluding carboxylic acids is 2. The summed E-state index contributed by atoms with van der Waals surface area (Å²) < 4.78 is 4.78. The Morgan fingerprint density at radius 2 is 2.09 bits per heavy atom. The quantitative estimate of drug-likeness (QED) is 0.509. The summed E-state index contributed by atoms with van der Waals surface area (Å²) in [6.45, 7) is 7.63. The molecule has 1 aromatic carbocycles. The fraction of sp³-hybridized carbons (Fsp3) is 0.407. The number of amides is 2. The number of fused-ring (bicyclic) bond motifs is 1. The van der Waals surface area contributed by atoms with Crippen LogP contribution in [0.4, 0.5) is 11.6 Å². The Bertz CT molecular complexity index is 1220. The maximum absolute atomic E-state index is 13.5. The topological polar surface area (TPSA) is 109 Å². The molecule has 0 fully saturated rings. The Balaban J connectivity index is 1.73. The number of nitrogens with one attached hydrogen (secondary N) is 1. The van der Waals surface area contributed by atoms with E-state index in [1.165, 1.54) is 6.26 Å². The van der Waals surface area contributed by atoms with Crippen molar-refractivity contribution < 1.29 is 19.2 Å². The Morgan fingerprint density at radius 3 is 2.77 bits per heavy atom. The van der Waals surface area contributed by atoms with Crippen molar-refractivity contribution in [1.29, 1.82) is 0 Å². The third-order valence-corrected chi connectivity index (χ3v) is 6.61.